The highest BCUT2D eigenvalue weighted by atomic mass is 16.1. The van der Waals surface area contributed by atoms with E-state index in [2.05, 4.69) is 13.0 Å². The normalized spacial score (nSPS) is 12.1. The van der Waals surface area contributed by atoms with Crippen molar-refractivity contribution in [3.63, 3.8) is 0 Å². The molecule has 0 aromatic carbocycles. The molecule has 0 atom stereocenters. The Hall–Kier alpha value is -1.11. The molecule has 0 N–H and O–H groups in total. The molecule has 0 radical (unpaired) electrons. The summed E-state index contributed by atoms with van der Waals surface area (Å²) in [6.45, 7) is 2.22. The molecule has 0 saturated heterocycles. The smallest absolute Gasteiger partial charge is 0.142 e. The van der Waals surface area contributed by atoms with Crippen LogP contribution in [0.4, 0.5) is 0 Å². The van der Waals surface area contributed by atoms with Crippen LogP contribution in [0, 0.1) is 0 Å². The first-order valence-corrected chi connectivity index (χ1v) is 5.35. The van der Waals surface area contributed by atoms with Crippen LogP contribution in [-0.2, 0) is 4.79 Å². The van der Waals surface area contributed by atoms with E-state index in [0.29, 0.717) is 0 Å². The van der Waals surface area contributed by atoms with Gasteiger partial charge in [0, 0.05) is 0 Å². The van der Waals surface area contributed by atoms with Gasteiger partial charge in [-0.15, -0.1) is 0 Å². The van der Waals surface area contributed by atoms with Crippen molar-refractivity contribution in [1.82, 2.24) is 0 Å². The Kier molecular flexibility index (Phi) is 10.9. The predicted octanol–water partition coefficient (Wildman–Crippen LogP) is 3.82. The molecule has 0 aliphatic carbocycles. The monoisotopic (exact) mass is 192 g/mol. The first kappa shape index (κ1) is 12.9. The molecule has 0 aromatic heterocycles. The maximum atomic E-state index is 9.90. The zero-order chi connectivity index (χ0) is 10.5. The lowest BCUT2D eigenvalue weighted by Gasteiger charge is -1.92. The molecule has 0 bridgehead atoms. The van der Waals surface area contributed by atoms with Crippen LogP contribution in [0.5, 0.6) is 0 Å². The topological polar surface area (TPSA) is 17.1 Å². The van der Waals surface area contributed by atoms with E-state index in [1.54, 1.807) is 6.08 Å². The number of carbonyl (C=O) groups excluding carboxylic acids is 1. The van der Waals surface area contributed by atoms with Crippen LogP contribution in [0.3, 0.4) is 0 Å². The molecule has 78 valence electrons. The third kappa shape index (κ3) is 10.9. The Labute approximate surface area is 87.2 Å². The van der Waals surface area contributed by atoms with Crippen LogP contribution in [0.25, 0.3) is 0 Å². The van der Waals surface area contributed by atoms with Gasteiger partial charge in [-0.25, -0.2) is 0 Å². The van der Waals surface area contributed by atoms with Crippen molar-refractivity contribution in [3.8, 4) is 0 Å². The van der Waals surface area contributed by atoms with Gasteiger partial charge in [0.25, 0.3) is 0 Å². The molecule has 0 spiro atoms. The van der Waals surface area contributed by atoms with E-state index in [4.69, 9.17) is 0 Å². The van der Waals surface area contributed by atoms with Crippen molar-refractivity contribution < 1.29 is 4.79 Å². The van der Waals surface area contributed by atoms with Crippen molar-refractivity contribution in [1.29, 1.82) is 0 Å². The molecule has 0 unspecified atom stereocenters. The number of carbonyl (C=O) groups is 1. The lowest BCUT2D eigenvalue weighted by Crippen LogP contribution is -1.72. The van der Waals surface area contributed by atoms with Crippen LogP contribution in [-0.4, -0.2) is 6.29 Å². The fourth-order valence-corrected chi connectivity index (χ4v) is 1.10. The number of allylic oxidation sites excluding steroid dienone is 6. The van der Waals surface area contributed by atoms with Gasteiger partial charge >= 0.3 is 0 Å². The Balaban J connectivity index is 3.30. The van der Waals surface area contributed by atoms with E-state index in [0.717, 1.165) is 12.7 Å². The minimum Gasteiger partial charge on any atom is -0.299 e. The molecule has 0 aliphatic heterocycles. The quantitative estimate of drug-likeness (QED) is 0.247. The van der Waals surface area contributed by atoms with Crippen molar-refractivity contribution in [2.75, 3.05) is 0 Å². The van der Waals surface area contributed by atoms with Crippen LogP contribution in [0.1, 0.15) is 39.0 Å². The summed E-state index contributed by atoms with van der Waals surface area (Å²) in [5.74, 6) is 0. The van der Waals surface area contributed by atoms with Gasteiger partial charge in [0.1, 0.15) is 6.29 Å². The summed E-state index contributed by atoms with van der Waals surface area (Å²) in [6.07, 6.45) is 18.4. The highest BCUT2D eigenvalue weighted by Crippen LogP contribution is 2.02. The third-order valence-electron chi connectivity index (χ3n) is 1.88. The summed E-state index contributed by atoms with van der Waals surface area (Å²) in [5, 5.41) is 0. The van der Waals surface area contributed by atoms with E-state index in [1.807, 2.05) is 18.2 Å². The molecule has 0 fully saturated rings. The Bertz CT molecular complexity index is 199. The summed E-state index contributed by atoms with van der Waals surface area (Å²) in [6, 6.07) is 0. The van der Waals surface area contributed by atoms with E-state index < -0.39 is 0 Å². The van der Waals surface area contributed by atoms with Crippen molar-refractivity contribution in [2.24, 2.45) is 0 Å². The maximum Gasteiger partial charge on any atom is 0.142 e. The molecule has 1 nitrogen and oxygen atoms in total. The summed E-state index contributed by atoms with van der Waals surface area (Å²) in [5.41, 5.74) is 0. The second-order valence-electron chi connectivity index (χ2n) is 3.18. The fraction of sp³-hybridized carbons (Fsp3) is 0.462. The molecular formula is C13H20O. The van der Waals surface area contributed by atoms with Gasteiger partial charge < -0.3 is 0 Å². The Morgan fingerprint density at radius 3 is 2.29 bits per heavy atom. The van der Waals surface area contributed by atoms with Crippen LogP contribution >= 0.6 is 0 Å². The van der Waals surface area contributed by atoms with Crippen LogP contribution in [0.15, 0.2) is 36.5 Å². The van der Waals surface area contributed by atoms with Crippen molar-refractivity contribution in [3.05, 3.63) is 36.5 Å². The zero-order valence-corrected chi connectivity index (χ0v) is 8.99. The van der Waals surface area contributed by atoms with Crippen LogP contribution in [0.2, 0.25) is 0 Å². The van der Waals surface area contributed by atoms with E-state index in [1.165, 1.54) is 31.8 Å². The minimum atomic E-state index is 0.777. The number of unbranched alkanes of at least 4 members (excludes halogenated alkanes) is 4. The van der Waals surface area contributed by atoms with Gasteiger partial charge in [-0.3, -0.25) is 4.79 Å². The largest absolute Gasteiger partial charge is 0.299 e. The van der Waals surface area contributed by atoms with Gasteiger partial charge in [0.15, 0.2) is 0 Å². The van der Waals surface area contributed by atoms with E-state index in [-0.39, 0.29) is 0 Å². The second-order valence-corrected chi connectivity index (χ2v) is 3.18. The molecule has 1 heteroatoms. The first-order chi connectivity index (χ1) is 6.91. The first-order valence-electron chi connectivity index (χ1n) is 5.35. The van der Waals surface area contributed by atoms with Crippen molar-refractivity contribution in [2.45, 2.75) is 39.0 Å². The summed E-state index contributed by atoms with van der Waals surface area (Å²) < 4.78 is 0. The molecule has 0 rings (SSSR count). The molecule has 0 saturated carbocycles. The summed E-state index contributed by atoms with van der Waals surface area (Å²) >= 11 is 0. The lowest BCUT2D eigenvalue weighted by atomic mass is 10.1. The summed E-state index contributed by atoms with van der Waals surface area (Å²) in [4.78, 5) is 9.90. The fourth-order valence-electron chi connectivity index (χ4n) is 1.10. The van der Waals surface area contributed by atoms with Gasteiger partial charge in [0.2, 0.25) is 0 Å². The molecule has 0 aromatic rings. The standard InChI is InChI=1S/C13H20O/c1-2-3-4-5-6-7-8-9-10-11-12-13-14/h7-13H,2-6H2,1H3. The molecule has 0 amide bonds. The molecule has 0 aliphatic rings. The van der Waals surface area contributed by atoms with Crippen LogP contribution < -0.4 is 0 Å². The summed E-state index contributed by atoms with van der Waals surface area (Å²) in [7, 11) is 0. The van der Waals surface area contributed by atoms with Gasteiger partial charge in [0.05, 0.1) is 0 Å². The maximum absolute atomic E-state index is 9.90. The molecular weight excluding hydrogens is 172 g/mol. The molecule has 0 heterocycles. The highest BCUT2D eigenvalue weighted by Gasteiger charge is 1.82. The molecule has 14 heavy (non-hydrogen) atoms. The lowest BCUT2D eigenvalue weighted by molar-refractivity contribution is -0.104. The third-order valence-corrected chi connectivity index (χ3v) is 1.88. The average Bonchev–Trinajstić information content (AvgIpc) is 2.21. The average molecular weight is 192 g/mol. The SMILES string of the molecule is CCCCCCC=CC=CC=CC=O. The zero-order valence-electron chi connectivity index (χ0n) is 8.99. The Morgan fingerprint density at radius 1 is 0.857 bits per heavy atom. The minimum absolute atomic E-state index is 0.777. The Morgan fingerprint density at radius 2 is 1.57 bits per heavy atom. The van der Waals surface area contributed by atoms with Gasteiger partial charge in [-0.1, -0.05) is 56.6 Å². The number of hydrogen-bond donors (Lipinski definition) is 0. The van der Waals surface area contributed by atoms with E-state index >= 15 is 0 Å². The number of rotatable bonds is 8. The van der Waals surface area contributed by atoms with Gasteiger partial charge in [-0.05, 0) is 18.9 Å². The van der Waals surface area contributed by atoms with Gasteiger partial charge in [-0.2, -0.15) is 0 Å². The number of aldehydes is 1. The highest BCUT2D eigenvalue weighted by molar-refractivity contribution is 5.65. The van der Waals surface area contributed by atoms with Crippen molar-refractivity contribution >= 4 is 6.29 Å². The predicted molar refractivity (Wildman–Crippen MR) is 62.2 cm³/mol. The second kappa shape index (κ2) is 11.9. The van der Waals surface area contributed by atoms with E-state index in [9.17, 15) is 4.79 Å². The number of hydrogen-bond acceptors (Lipinski definition) is 1.